The van der Waals surface area contributed by atoms with Crippen LogP contribution < -0.4 is 0 Å². The molecule has 0 unspecified atom stereocenters. The predicted octanol–water partition coefficient (Wildman–Crippen LogP) is 4.89. The Bertz CT molecular complexity index is 945. The number of carbonyl (C=O) groups is 1. The maximum Gasteiger partial charge on any atom is 0.330 e. The summed E-state index contributed by atoms with van der Waals surface area (Å²) in [6.07, 6.45) is 14.1. The van der Waals surface area contributed by atoms with Crippen molar-refractivity contribution in [3.05, 3.63) is 47.9 Å². The zero-order valence-electron chi connectivity index (χ0n) is 17.4. The number of phenols is 1. The van der Waals surface area contributed by atoms with E-state index in [-0.39, 0.29) is 11.4 Å². The smallest absolute Gasteiger partial charge is 0.330 e. The molecule has 6 rings (SSSR count). The van der Waals surface area contributed by atoms with E-state index in [0.29, 0.717) is 18.1 Å². The molecule has 0 spiro atoms. The maximum absolute atomic E-state index is 11.5. The summed E-state index contributed by atoms with van der Waals surface area (Å²) in [4.78, 5) is 20.4. The fourth-order valence-electron chi connectivity index (χ4n) is 6.48. The lowest BCUT2D eigenvalue weighted by atomic mass is 9.48. The minimum absolute atomic E-state index is 0.130. The van der Waals surface area contributed by atoms with E-state index in [2.05, 4.69) is 16.0 Å². The second-order valence-electron chi connectivity index (χ2n) is 9.34. The van der Waals surface area contributed by atoms with Gasteiger partial charge in [0.1, 0.15) is 5.75 Å². The van der Waals surface area contributed by atoms with Crippen molar-refractivity contribution >= 4 is 12.0 Å². The molecule has 0 saturated heterocycles. The number of phenolic OH excluding ortho intramolecular Hbond substituents is 1. The van der Waals surface area contributed by atoms with E-state index in [1.165, 1.54) is 44.6 Å². The fraction of sp³-hybridized carbons (Fsp3) is 0.480. The third-order valence-corrected chi connectivity index (χ3v) is 7.25. The molecule has 5 heteroatoms. The first-order chi connectivity index (χ1) is 14.5. The van der Waals surface area contributed by atoms with Crippen LogP contribution in [-0.4, -0.2) is 27.7 Å². The molecule has 1 aromatic carbocycles. The highest BCUT2D eigenvalue weighted by molar-refractivity contribution is 5.86. The van der Waals surface area contributed by atoms with Gasteiger partial charge in [-0.1, -0.05) is 0 Å². The van der Waals surface area contributed by atoms with Gasteiger partial charge >= 0.3 is 5.97 Å². The van der Waals surface area contributed by atoms with Crippen molar-refractivity contribution in [2.75, 3.05) is 6.61 Å². The zero-order chi connectivity index (χ0) is 20.7. The first-order valence-corrected chi connectivity index (χ1v) is 11.1. The molecular weight excluding hydrogens is 376 g/mol. The number of esters is 1. The van der Waals surface area contributed by atoms with Crippen molar-refractivity contribution in [1.82, 2.24) is 9.97 Å². The molecule has 4 bridgehead atoms. The average Bonchev–Trinajstić information content (AvgIpc) is 2.72. The van der Waals surface area contributed by atoms with Crippen LogP contribution in [0.2, 0.25) is 0 Å². The number of carbonyl (C=O) groups excluding carboxylic acids is 1. The summed E-state index contributed by atoms with van der Waals surface area (Å²) >= 11 is 0. The van der Waals surface area contributed by atoms with Crippen molar-refractivity contribution in [3.63, 3.8) is 0 Å². The summed E-state index contributed by atoms with van der Waals surface area (Å²) in [5, 5.41) is 10.8. The van der Waals surface area contributed by atoms with E-state index in [1.807, 2.05) is 12.1 Å². The zero-order valence-corrected chi connectivity index (χ0v) is 17.4. The monoisotopic (exact) mass is 404 g/mol. The van der Waals surface area contributed by atoms with Gasteiger partial charge in [0, 0.05) is 17.2 Å². The van der Waals surface area contributed by atoms with Crippen LogP contribution in [0.4, 0.5) is 0 Å². The van der Waals surface area contributed by atoms with E-state index in [1.54, 1.807) is 25.4 Å². The number of ether oxygens (including phenoxy) is 1. The second-order valence-corrected chi connectivity index (χ2v) is 9.34. The van der Waals surface area contributed by atoms with Crippen LogP contribution in [0.25, 0.3) is 17.3 Å². The molecular formula is C25H28N2O3. The van der Waals surface area contributed by atoms with Gasteiger partial charge in [-0.2, -0.15) is 0 Å². The van der Waals surface area contributed by atoms with Crippen LogP contribution in [0, 0.1) is 17.8 Å². The fourth-order valence-corrected chi connectivity index (χ4v) is 6.48. The molecule has 4 aliphatic carbocycles. The van der Waals surface area contributed by atoms with Crippen LogP contribution in [0.1, 0.15) is 56.7 Å². The average molecular weight is 405 g/mol. The predicted molar refractivity (Wildman–Crippen MR) is 115 cm³/mol. The summed E-state index contributed by atoms with van der Waals surface area (Å²) in [5.41, 5.74) is 3.59. The summed E-state index contributed by atoms with van der Waals surface area (Å²) in [5.74, 6) is 2.50. The lowest BCUT2D eigenvalue weighted by molar-refractivity contribution is -0.137. The van der Waals surface area contributed by atoms with Gasteiger partial charge in [-0.15, -0.1) is 0 Å². The Morgan fingerprint density at radius 1 is 1.13 bits per heavy atom. The minimum Gasteiger partial charge on any atom is -0.508 e. The molecule has 0 aliphatic heterocycles. The van der Waals surface area contributed by atoms with E-state index < -0.39 is 0 Å². The van der Waals surface area contributed by atoms with Gasteiger partial charge in [-0.05, 0) is 92.9 Å². The Morgan fingerprint density at radius 3 is 2.43 bits per heavy atom. The van der Waals surface area contributed by atoms with Gasteiger partial charge in [-0.3, -0.25) is 9.97 Å². The Balaban J connectivity index is 1.41. The number of rotatable bonds is 5. The molecule has 1 aromatic heterocycles. The summed E-state index contributed by atoms with van der Waals surface area (Å²) in [6, 6.07) is 5.87. The standard InChI is InChI=1S/C25H28N2O3/c1-2-30-24(29)6-4-20-14-27-22(15-26-20)19-3-5-23(28)21(10-19)25-11-16-7-17(12-25)9-18(8-16)13-25/h3-6,10,14-18,28H,2,7-9,11-13H2,1H3. The first-order valence-electron chi connectivity index (χ1n) is 11.1. The molecule has 156 valence electrons. The van der Waals surface area contributed by atoms with Crippen LogP contribution in [-0.2, 0) is 14.9 Å². The minimum atomic E-state index is -0.387. The van der Waals surface area contributed by atoms with Crippen LogP contribution in [0.5, 0.6) is 5.75 Å². The van der Waals surface area contributed by atoms with Gasteiger partial charge < -0.3 is 9.84 Å². The molecule has 4 saturated carbocycles. The van der Waals surface area contributed by atoms with E-state index in [4.69, 9.17) is 4.74 Å². The van der Waals surface area contributed by atoms with E-state index in [0.717, 1.165) is 34.6 Å². The number of hydrogen-bond acceptors (Lipinski definition) is 5. The number of aromatic nitrogens is 2. The third-order valence-electron chi connectivity index (χ3n) is 7.25. The molecule has 0 radical (unpaired) electrons. The van der Waals surface area contributed by atoms with Gasteiger partial charge in [0.2, 0.25) is 0 Å². The highest BCUT2D eigenvalue weighted by Gasteiger charge is 2.52. The SMILES string of the molecule is CCOC(=O)C=Cc1cnc(-c2ccc(O)c(C34CC5CC(CC(C5)C3)C4)c2)cn1. The molecule has 1 heterocycles. The quantitative estimate of drug-likeness (QED) is 0.567. The third kappa shape index (κ3) is 3.51. The van der Waals surface area contributed by atoms with Gasteiger partial charge in [-0.25, -0.2) is 4.79 Å². The van der Waals surface area contributed by atoms with Crippen molar-refractivity contribution < 1.29 is 14.6 Å². The number of hydrogen-bond donors (Lipinski definition) is 1. The maximum atomic E-state index is 11.5. The Labute approximate surface area is 177 Å². The number of benzene rings is 1. The summed E-state index contributed by atoms with van der Waals surface area (Å²) < 4.78 is 4.88. The molecule has 0 amide bonds. The topological polar surface area (TPSA) is 72.3 Å². The lowest BCUT2D eigenvalue weighted by Crippen LogP contribution is -2.48. The van der Waals surface area contributed by atoms with Crippen LogP contribution in [0.15, 0.2) is 36.7 Å². The molecule has 2 aromatic rings. The lowest BCUT2D eigenvalue weighted by Gasteiger charge is -2.57. The molecule has 1 N–H and O–H groups in total. The van der Waals surface area contributed by atoms with Crippen LogP contribution in [0.3, 0.4) is 0 Å². The molecule has 5 nitrogen and oxygen atoms in total. The largest absolute Gasteiger partial charge is 0.508 e. The first kappa shape index (κ1) is 19.3. The van der Waals surface area contributed by atoms with Crippen molar-refractivity contribution in [3.8, 4) is 17.0 Å². The normalized spacial score (nSPS) is 29.4. The molecule has 4 aliphatic rings. The van der Waals surface area contributed by atoms with Gasteiger partial charge in [0.25, 0.3) is 0 Å². The van der Waals surface area contributed by atoms with E-state index in [9.17, 15) is 9.90 Å². The Morgan fingerprint density at radius 2 is 1.83 bits per heavy atom. The highest BCUT2D eigenvalue weighted by Crippen LogP contribution is 2.62. The number of aromatic hydroxyl groups is 1. The highest BCUT2D eigenvalue weighted by atomic mass is 16.5. The van der Waals surface area contributed by atoms with Crippen molar-refractivity contribution in [1.29, 1.82) is 0 Å². The number of nitrogens with zero attached hydrogens (tertiary/aromatic N) is 2. The van der Waals surface area contributed by atoms with E-state index >= 15 is 0 Å². The second kappa shape index (κ2) is 7.53. The van der Waals surface area contributed by atoms with Crippen molar-refractivity contribution in [2.24, 2.45) is 17.8 Å². The summed E-state index contributed by atoms with van der Waals surface area (Å²) in [6.45, 7) is 2.12. The van der Waals surface area contributed by atoms with Crippen LogP contribution >= 0.6 is 0 Å². The Kier molecular flexibility index (Phi) is 4.84. The molecule has 30 heavy (non-hydrogen) atoms. The van der Waals surface area contributed by atoms with Crippen molar-refractivity contribution in [2.45, 2.75) is 50.9 Å². The van der Waals surface area contributed by atoms with Gasteiger partial charge in [0.05, 0.1) is 30.4 Å². The Hall–Kier alpha value is -2.69. The molecule has 4 fully saturated rings. The summed E-state index contributed by atoms with van der Waals surface area (Å²) in [7, 11) is 0. The molecule has 0 atom stereocenters. The van der Waals surface area contributed by atoms with Gasteiger partial charge in [0.15, 0.2) is 0 Å².